The molecule has 1 heterocycles. The summed E-state index contributed by atoms with van der Waals surface area (Å²) < 4.78 is 0. The van der Waals surface area contributed by atoms with Gasteiger partial charge in [0, 0.05) is 22.0 Å². The minimum absolute atomic E-state index is 0.00234. The molecule has 0 aromatic heterocycles. The minimum Gasteiger partial charge on any atom is -0.349 e. The van der Waals surface area contributed by atoms with Crippen molar-refractivity contribution in [1.82, 2.24) is 10.6 Å². The Bertz CT molecular complexity index is 736. The number of nitrogens with one attached hydrogen (secondary N) is 2. The lowest BCUT2D eigenvalue weighted by atomic mass is 9.68. The van der Waals surface area contributed by atoms with Crippen molar-refractivity contribution in [2.24, 2.45) is 0 Å². The summed E-state index contributed by atoms with van der Waals surface area (Å²) in [5, 5.41) is 7.43. The second kappa shape index (κ2) is 7.59. The van der Waals surface area contributed by atoms with Crippen LogP contribution in [0.15, 0.2) is 48.5 Å². The molecule has 0 saturated carbocycles. The van der Waals surface area contributed by atoms with Crippen LogP contribution in [-0.2, 0) is 5.41 Å². The Morgan fingerprint density at radius 2 is 1.76 bits per heavy atom. The molecule has 1 atom stereocenters. The molecule has 1 aliphatic rings. The maximum absolute atomic E-state index is 12.8. The summed E-state index contributed by atoms with van der Waals surface area (Å²) in [5.74, 6) is -0.00234. The van der Waals surface area contributed by atoms with Crippen LogP contribution in [0.5, 0.6) is 0 Å². The van der Waals surface area contributed by atoms with Gasteiger partial charge in [-0.2, -0.15) is 0 Å². The van der Waals surface area contributed by atoms with Crippen molar-refractivity contribution in [3.05, 3.63) is 70.2 Å². The van der Waals surface area contributed by atoms with E-state index in [0.29, 0.717) is 0 Å². The van der Waals surface area contributed by atoms with Gasteiger partial charge in [-0.15, -0.1) is 0 Å². The number of carbonyl (C=O) groups is 1. The molecule has 132 valence electrons. The molecule has 0 aliphatic carbocycles. The molecule has 1 fully saturated rings. The number of benzene rings is 2. The summed E-state index contributed by atoms with van der Waals surface area (Å²) in [6.07, 6.45) is 1.98. The van der Waals surface area contributed by atoms with Gasteiger partial charge in [0.15, 0.2) is 0 Å². The maximum Gasteiger partial charge on any atom is 0.251 e. The Balaban J connectivity index is 1.87. The Morgan fingerprint density at radius 1 is 1.12 bits per heavy atom. The van der Waals surface area contributed by atoms with Crippen molar-refractivity contribution in [1.29, 1.82) is 0 Å². The number of carbonyl (C=O) groups excluding carboxylic acids is 1. The highest BCUT2D eigenvalue weighted by molar-refractivity contribution is 6.30. The molecule has 1 saturated heterocycles. The van der Waals surface area contributed by atoms with Gasteiger partial charge in [0.1, 0.15) is 0 Å². The van der Waals surface area contributed by atoms with Crippen LogP contribution in [0.4, 0.5) is 0 Å². The van der Waals surface area contributed by atoms with Gasteiger partial charge in [-0.05, 0) is 69.1 Å². The highest BCUT2D eigenvalue weighted by atomic mass is 35.5. The number of halogens is 1. The van der Waals surface area contributed by atoms with Crippen molar-refractivity contribution < 1.29 is 4.79 Å². The summed E-state index contributed by atoms with van der Waals surface area (Å²) >= 11 is 6.08. The molecule has 2 aromatic rings. The molecule has 3 nitrogen and oxygen atoms in total. The lowest BCUT2D eigenvalue weighted by molar-refractivity contribution is 0.0906. The zero-order chi connectivity index (χ0) is 17.9. The first kappa shape index (κ1) is 18.0. The third kappa shape index (κ3) is 3.73. The topological polar surface area (TPSA) is 41.1 Å². The predicted molar refractivity (Wildman–Crippen MR) is 103 cm³/mol. The summed E-state index contributed by atoms with van der Waals surface area (Å²) in [5.41, 5.74) is 2.91. The van der Waals surface area contributed by atoms with Gasteiger partial charge in [0.25, 0.3) is 5.91 Å². The van der Waals surface area contributed by atoms with Gasteiger partial charge >= 0.3 is 0 Å². The molecule has 3 rings (SSSR count). The van der Waals surface area contributed by atoms with E-state index in [-0.39, 0.29) is 17.4 Å². The minimum atomic E-state index is -0.0752. The second-order valence-corrected chi connectivity index (χ2v) is 7.36. The fourth-order valence-electron chi connectivity index (χ4n) is 3.87. The van der Waals surface area contributed by atoms with Crippen LogP contribution in [0, 0.1) is 6.92 Å². The molecule has 0 bridgehead atoms. The number of piperidine rings is 1. The van der Waals surface area contributed by atoms with Gasteiger partial charge in [0.2, 0.25) is 0 Å². The van der Waals surface area contributed by atoms with Crippen LogP contribution in [0.3, 0.4) is 0 Å². The Labute approximate surface area is 154 Å². The number of amides is 1. The molecule has 1 unspecified atom stereocenters. The van der Waals surface area contributed by atoms with Crippen LogP contribution in [0.25, 0.3) is 0 Å². The van der Waals surface area contributed by atoms with Crippen LogP contribution >= 0.6 is 11.6 Å². The first-order valence-electron chi connectivity index (χ1n) is 8.86. The van der Waals surface area contributed by atoms with Crippen molar-refractivity contribution in [3.8, 4) is 0 Å². The lowest BCUT2D eigenvalue weighted by Crippen LogP contribution is -2.53. The normalized spacial score (nSPS) is 17.7. The standard InChI is InChI=1S/C21H25ClN2O/c1-15-5-3-4-6-19(15)20(25)24-16(2)21(11-13-23-14-12-21)17-7-9-18(22)10-8-17/h3-10,16,23H,11-14H2,1-2H3,(H,24,25). The van der Waals surface area contributed by atoms with Crippen LogP contribution in [-0.4, -0.2) is 25.0 Å². The van der Waals surface area contributed by atoms with Crippen LogP contribution < -0.4 is 10.6 Å². The van der Waals surface area contributed by atoms with E-state index >= 15 is 0 Å². The highest BCUT2D eigenvalue weighted by Gasteiger charge is 2.40. The van der Waals surface area contributed by atoms with E-state index in [1.54, 1.807) is 0 Å². The van der Waals surface area contributed by atoms with Crippen LogP contribution in [0.1, 0.15) is 41.3 Å². The first-order chi connectivity index (χ1) is 12.0. The largest absolute Gasteiger partial charge is 0.349 e. The fourth-order valence-corrected chi connectivity index (χ4v) is 3.99. The van der Waals surface area contributed by atoms with Gasteiger partial charge in [-0.1, -0.05) is 41.9 Å². The Hall–Kier alpha value is -1.84. The first-order valence-corrected chi connectivity index (χ1v) is 9.24. The van der Waals surface area contributed by atoms with Crippen molar-refractivity contribution in [2.45, 2.75) is 38.1 Å². The zero-order valence-electron chi connectivity index (χ0n) is 14.8. The zero-order valence-corrected chi connectivity index (χ0v) is 15.6. The van der Waals surface area contributed by atoms with Crippen molar-refractivity contribution >= 4 is 17.5 Å². The van der Waals surface area contributed by atoms with E-state index in [0.717, 1.165) is 42.1 Å². The van der Waals surface area contributed by atoms with E-state index in [4.69, 9.17) is 11.6 Å². The van der Waals surface area contributed by atoms with Gasteiger partial charge in [0.05, 0.1) is 0 Å². The summed E-state index contributed by atoms with van der Waals surface area (Å²) in [6, 6.07) is 15.8. The van der Waals surface area contributed by atoms with E-state index < -0.39 is 0 Å². The quantitative estimate of drug-likeness (QED) is 0.866. The third-order valence-corrected chi connectivity index (χ3v) is 5.73. The number of aryl methyl sites for hydroxylation is 1. The second-order valence-electron chi connectivity index (χ2n) is 6.92. The lowest BCUT2D eigenvalue weighted by Gasteiger charge is -2.43. The Kier molecular flexibility index (Phi) is 5.45. The SMILES string of the molecule is Cc1ccccc1C(=O)NC(C)C1(c2ccc(Cl)cc2)CCNCC1. The van der Waals surface area contributed by atoms with Crippen molar-refractivity contribution in [3.63, 3.8) is 0 Å². The molecule has 1 aliphatic heterocycles. The molecule has 25 heavy (non-hydrogen) atoms. The highest BCUT2D eigenvalue weighted by Crippen LogP contribution is 2.37. The molecule has 1 amide bonds. The van der Waals surface area contributed by atoms with E-state index in [1.807, 2.05) is 43.3 Å². The van der Waals surface area contributed by atoms with E-state index in [9.17, 15) is 4.79 Å². The van der Waals surface area contributed by atoms with Crippen molar-refractivity contribution in [2.75, 3.05) is 13.1 Å². The van der Waals surface area contributed by atoms with Crippen LogP contribution in [0.2, 0.25) is 5.02 Å². The van der Waals surface area contributed by atoms with Gasteiger partial charge < -0.3 is 10.6 Å². The molecule has 4 heteroatoms. The van der Waals surface area contributed by atoms with E-state index in [1.165, 1.54) is 5.56 Å². The van der Waals surface area contributed by atoms with Gasteiger partial charge in [-0.3, -0.25) is 4.79 Å². The predicted octanol–water partition coefficient (Wildman–Crippen LogP) is 4.09. The molecule has 2 aromatic carbocycles. The molecule has 0 spiro atoms. The number of rotatable bonds is 4. The fraction of sp³-hybridized carbons (Fsp3) is 0.381. The molecular formula is C21H25ClN2O. The average molecular weight is 357 g/mol. The van der Waals surface area contributed by atoms with Gasteiger partial charge in [-0.25, -0.2) is 0 Å². The summed E-state index contributed by atoms with van der Waals surface area (Å²) in [4.78, 5) is 12.8. The molecular weight excluding hydrogens is 332 g/mol. The smallest absolute Gasteiger partial charge is 0.251 e. The molecule has 2 N–H and O–H groups in total. The third-order valence-electron chi connectivity index (χ3n) is 5.48. The number of hydrogen-bond donors (Lipinski definition) is 2. The monoisotopic (exact) mass is 356 g/mol. The number of hydrogen-bond acceptors (Lipinski definition) is 2. The molecule has 0 radical (unpaired) electrons. The van der Waals surface area contributed by atoms with E-state index in [2.05, 4.69) is 29.7 Å². The average Bonchev–Trinajstić information content (AvgIpc) is 2.63. The maximum atomic E-state index is 12.8. The summed E-state index contributed by atoms with van der Waals surface area (Å²) in [6.45, 7) is 6.00. The Morgan fingerprint density at radius 3 is 2.40 bits per heavy atom. The summed E-state index contributed by atoms with van der Waals surface area (Å²) in [7, 11) is 0.